The lowest BCUT2D eigenvalue weighted by molar-refractivity contribution is -0.180. The standard InChI is InChI=1S/C30H50O/c1-25(2)12-8-13-28(5)23(25)11-14-30(7)24(28)10-9-21-22-19-26(3,20-31)15-16-27(22,4)17-18-29(21,30)6/h9,22-24,31H,8,10-20H2,1-7H3/t22-,23+,24-,26+,27-,28+,29-,30-/m1/s1. The predicted molar refractivity (Wildman–Crippen MR) is 131 cm³/mol. The molecule has 1 heteroatoms. The summed E-state index contributed by atoms with van der Waals surface area (Å²) in [7, 11) is 0. The first-order valence-corrected chi connectivity index (χ1v) is 13.7. The van der Waals surface area contributed by atoms with Gasteiger partial charge in [-0.25, -0.2) is 0 Å². The minimum Gasteiger partial charge on any atom is -0.396 e. The molecule has 4 fully saturated rings. The molecule has 0 amide bonds. The number of hydrogen-bond donors (Lipinski definition) is 1. The van der Waals surface area contributed by atoms with E-state index in [-0.39, 0.29) is 5.41 Å². The third-order valence-corrected chi connectivity index (χ3v) is 13.1. The third-order valence-electron chi connectivity index (χ3n) is 13.1. The Kier molecular flexibility index (Phi) is 4.82. The fraction of sp³-hybridized carbons (Fsp3) is 0.933. The maximum Gasteiger partial charge on any atom is 0.0484 e. The molecule has 5 rings (SSSR count). The van der Waals surface area contributed by atoms with E-state index in [2.05, 4.69) is 54.5 Å². The Hall–Kier alpha value is -0.300. The summed E-state index contributed by atoms with van der Waals surface area (Å²) in [5, 5.41) is 10.2. The van der Waals surface area contributed by atoms with Crippen molar-refractivity contribution in [2.75, 3.05) is 6.61 Å². The van der Waals surface area contributed by atoms with Crippen molar-refractivity contribution in [3.05, 3.63) is 11.6 Å². The minimum atomic E-state index is 0.123. The fourth-order valence-electron chi connectivity index (χ4n) is 10.7. The number of rotatable bonds is 1. The zero-order chi connectivity index (χ0) is 22.5. The molecule has 1 N–H and O–H groups in total. The lowest BCUT2D eigenvalue weighted by atomic mass is 9.34. The number of aliphatic hydroxyl groups excluding tert-OH is 1. The van der Waals surface area contributed by atoms with Crippen LogP contribution in [0.5, 0.6) is 0 Å². The van der Waals surface area contributed by atoms with Crippen LogP contribution in [0.1, 0.15) is 119 Å². The van der Waals surface area contributed by atoms with Gasteiger partial charge in [0, 0.05) is 6.61 Å². The van der Waals surface area contributed by atoms with Gasteiger partial charge in [0.15, 0.2) is 0 Å². The van der Waals surface area contributed by atoms with E-state index in [9.17, 15) is 5.11 Å². The summed E-state index contributed by atoms with van der Waals surface area (Å²) in [6.07, 6.45) is 17.8. The van der Waals surface area contributed by atoms with Crippen molar-refractivity contribution < 1.29 is 5.11 Å². The van der Waals surface area contributed by atoms with Gasteiger partial charge in [0.2, 0.25) is 0 Å². The van der Waals surface area contributed by atoms with Crippen molar-refractivity contribution in [2.45, 2.75) is 119 Å². The van der Waals surface area contributed by atoms with Crippen LogP contribution >= 0.6 is 0 Å². The van der Waals surface area contributed by atoms with Crippen LogP contribution in [0.15, 0.2) is 11.6 Å². The quantitative estimate of drug-likeness (QED) is 0.419. The Morgan fingerprint density at radius 3 is 2.26 bits per heavy atom. The van der Waals surface area contributed by atoms with Crippen molar-refractivity contribution in [3.8, 4) is 0 Å². The molecule has 4 saturated carbocycles. The summed E-state index contributed by atoms with van der Waals surface area (Å²) in [6, 6.07) is 0. The first-order chi connectivity index (χ1) is 14.3. The Morgan fingerprint density at radius 1 is 0.839 bits per heavy atom. The molecular weight excluding hydrogens is 376 g/mol. The average molecular weight is 427 g/mol. The summed E-state index contributed by atoms with van der Waals surface area (Å²) in [6.45, 7) is 18.6. The van der Waals surface area contributed by atoms with Crippen LogP contribution < -0.4 is 0 Å². The van der Waals surface area contributed by atoms with E-state index in [1.165, 1.54) is 70.6 Å². The highest BCUT2D eigenvalue weighted by Crippen LogP contribution is 2.75. The Bertz CT molecular complexity index is 779. The highest BCUT2D eigenvalue weighted by molar-refractivity contribution is 5.33. The van der Waals surface area contributed by atoms with E-state index in [0.717, 1.165) is 11.8 Å². The van der Waals surface area contributed by atoms with Crippen molar-refractivity contribution in [2.24, 2.45) is 50.2 Å². The maximum absolute atomic E-state index is 10.2. The number of allylic oxidation sites excluding steroid dienone is 2. The minimum absolute atomic E-state index is 0.123. The van der Waals surface area contributed by atoms with Gasteiger partial charge in [0.05, 0.1) is 0 Å². The van der Waals surface area contributed by atoms with Gasteiger partial charge in [-0.3, -0.25) is 0 Å². The van der Waals surface area contributed by atoms with Crippen LogP contribution in [0.4, 0.5) is 0 Å². The summed E-state index contributed by atoms with van der Waals surface area (Å²) < 4.78 is 0. The van der Waals surface area contributed by atoms with Crippen molar-refractivity contribution >= 4 is 0 Å². The van der Waals surface area contributed by atoms with E-state index in [4.69, 9.17) is 0 Å². The van der Waals surface area contributed by atoms with Crippen LogP contribution in [0.25, 0.3) is 0 Å². The van der Waals surface area contributed by atoms with Crippen LogP contribution in [0, 0.1) is 50.2 Å². The first-order valence-electron chi connectivity index (χ1n) is 13.7. The van der Waals surface area contributed by atoms with Crippen molar-refractivity contribution in [1.29, 1.82) is 0 Å². The van der Waals surface area contributed by atoms with E-state index < -0.39 is 0 Å². The Morgan fingerprint density at radius 2 is 1.55 bits per heavy atom. The van der Waals surface area contributed by atoms with Gasteiger partial charge >= 0.3 is 0 Å². The van der Waals surface area contributed by atoms with Gasteiger partial charge < -0.3 is 5.11 Å². The molecular formula is C30H50O. The normalized spacial score (nSPS) is 55.9. The second kappa shape index (κ2) is 6.64. The summed E-state index contributed by atoms with van der Waals surface area (Å²) in [5.41, 5.74) is 4.21. The Balaban J connectivity index is 1.57. The smallest absolute Gasteiger partial charge is 0.0484 e. The average Bonchev–Trinajstić information content (AvgIpc) is 2.69. The molecule has 176 valence electrons. The molecule has 1 nitrogen and oxygen atoms in total. The Labute approximate surface area is 192 Å². The third kappa shape index (κ3) is 2.83. The summed E-state index contributed by atoms with van der Waals surface area (Å²) in [4.78, 5) is 0. The molecule has 0 unspecified atom stereocenters. The van der Waals surface area contributed by atoms with E-state index in [0.29, 0.717) is 39.6 Å². The summed E-state index contributed by atoms with van der Waals surface area (Å²) >= 11 is 0. The van der Waals surface area contributed by atoms with Crippen molar-refractivity contribution in [3.63, 3.8) is 0 Å². The predicted octanol–water partition coefficient (Wildman–Crippen LogP) is 8.17. The molecule has 8 atom stereocenters. The molecule has 0 heterocycles. The lowest BCUT2D eigenvalue weighted by Crippen LogP contribution is -2.63. The fourth-order valence-corrected chi connectivity index (χ4v) is 10.7. The van der Waals surface area contributed by atoms with Gasteiger partial charge in [-0.05, 0) is 114 Å². The van der Waals surface area contributed by atoms with Gasteiger partial charge in [0.1, 0.15) is 0 Å². The van der Waals surface area contributed by atoms with Gasteiger partial charge in [-0.2, -0.15) is 0 Å². The molecule has 31 heavy (non-hydrogen) atoms. The molecule has 0 spiro atoms. The highest BCUT2D eigenvalue weighted by Gasteiger charge is 2.67. The lowest BCUT2D eigenvalue weighted by Gasteiger charge is -2.71. The van der Waals surface area contributed by atoms with Crippen molar-refractivity contribution in [1.82, 2.24) is 0 Å². The van der Waals surface area contributed by atoms with Crippen LogP contribution in [0.2, 0.25) is 0 Å². The molecule has 0 aromatic rings. The SMILES string of the molecule is CC1(C)CCC[C@]2(C)[C@H]3CC=C4[C@H]5C[C@@](C)(CO)CC[C@]5(C)CC[C@@]4(C)[C@]3(C)CC[C@@H]12. The van der Waals surface area contributed by atoms with E-state index >= 15 is 0 Å². The van der Waals surface area contributed by atoms with Gasteiger partial charge in [0.25, 0.3) is 0 Å². The summed E-state index contributed by atoms with van der Waals surface area (Å²) in [5.74, 6) is 2.42. The van der Waals surface area contributed by atoms with Crippen LogP contribution in [-0.2, 0) is 0 Å². The van der Waals surface area contributed by atoms with E-state index in [1.54, 1.807) is 0 Å². The zero-order valence-corrected chi connectivity index (χ0v) is 21.7. The monoisotopic (exact) mass is 426 g/mol. The largest absolute Gasteiger partial charge is 0.396 e. The second-order valence-electron chi connectivity index (χ2n) is 15.0. The zero-order valence-electron chi connectivity index (χ0n) is 21.7. The van der Waals surface area contributed by atoms with Crippen LogP contribution in [-0.4, -0.2) is 11.7 Å². The second-order valence-corrected chi connectivity index (χ2v) is 15.0. The number of hydrogen-bond acceptors (Lipinski definition) is 1. The molecule has 5 aliphatic carbocycles. The molecule has 0 bridgehead atoms. The van der Waals surface area contributed by atoms with E-state index in [1.807, 2.05) is 5.57 Å². The number of aliphatic hydroxyl groups is 1. The first kappa shape index (κ1) is 22.5. The maximum atomic E-state index is 10.2. The molecule has 0 radical (unpaired) electrons. The molecule has 5 aliphatic rings. The van der Waals surface area contributed by atoms with Gasteiger partial charge in [-0.15, -0.1) is 0 Å². The molecule has 0 aromatic carbocycles. The highest BCUT2D eigenvalue weighted by atomic mass is 16.3. The van der Waals surface area contributed by atoms with Gasteiger partial charge in [-0.1, -0.05) is 66.5 Å². The molecule has 0 aliphatic heterocycles. The topological polar surface area (TPSA) is 20.2 Å². The molecule has 0 aromatic heterocycles. The van der Waals surface area contributed by atoms with Crippen LogP contribution in [0.3, 0.4) is 0 Å². The number of fused-ring (bicyclic) bond motifs is 7. The molecule has 0 saturated heterocycles.